The quantitative estimate of drug-likeness (QED) is 0.282. The SMILES string of the molecule is CC(C)[C@H](C(=O)OCC(=O)c1ccc(Br)cc1)N1C(=O)[C@@H]2[C@H](C1=O)[C@H]1C=C[C@@H]2C1. The zero-order chi connectivity index (χ0) is 20.9. The van der Waals surface area contributed by atoms with Gasteiger partial charge in [-0.25, -0.2) is 4.79 Å². The average Bonchev–Trinajstić information content (AvgIpc) is 3.36. The van der Waals surface area contributed by atoms with E-state index >= 15 is 0 Å². The lowest BCUT2D eigenvalue weighted by molar-refractivity contribution is -0.160. The van der Waals surface area contributed by atoms with Crippen LogP contribution in [0.3, 0.4) is 0 Å². The number of nitrogens with zero attached hydrogens (tertiary/aromatic N) is 1. The van der Waals surface area contributed by atoms with Crippen molar-refractivity contribution in [1.29, 1.82) is 0 Å². The van der Waals surface area contributed by atoms with Crippen LogP contribution in [0, 0.1) is 29.6 Å². The predicted molar refractivity (Wildman–Crippen MR) is 108 cm³/mol. The van der Waals surface area contributed by atoms with Crippen LogP contribution in [0.5, 0.6) is 0 Å². The number of rotatable bonds is 6. The number of ether oxygens (including phenoxy) is 1. The van der Waals surface area contributed by atoms with E-state index in [-0.39, 0.29) is 47.2 Å². The van der Waals surface area contributed by atoms with Gasteiger partial charge >= 0.3 is 5.97 Å². The van der Waals surface area contributed by atoms with Gasteiger partial charge in [-0.3, -0.25) is 19.3 Å². The van der Waals surface area contributed by atoms with Crippen molar-refractivity contribution in [3.05, 3.63) is 46.5 Å². The summed E-state index contributed by atoms with van der Waals surface area (Å²) in [7, 11) is 0. The molecule has 2 aliphatic carbocycles. The number of Topliss-reactive ketones (excluding diaryl/α,β-unsaturated/α-hetero) is 1. The second kappa shape index (κ2) is 7.52. The van der Waals surface area contributed by atoms with Crippen molar-refractivity contribution in [1.82, 2.24) is 4.90 Å². The molecule has 1 aromatic rings. The molecular weight excluding hydrogens is 438 g/mol. The first kappa shape index (κ1) is 20.0. The van der Waals surface area contributed by atoms with Crippen molar-refractivity contribution in [3.8, 4) is 0 Å². The Morgan fingerprint density at radius 1 is 1.07 bits per heavy atom. The Labute approximate surface area is 177 Å². The third kappa shape index (κ3) is 3.35. The van der Waals surface area contributed by atoms with Gasteiger partial charge in [0, 0.05) is 10.0 Å². The normalized spacial score (nSPS) is 28.2. The highest BCUT2D eigenvalue weighted by Crippen LogP contribution is 2.53. The summed E-state index contributed by atoms with van der Waals surface area (Å²) < 4.78 is 6.09. The van der Waals surface area contributed by atoms with E-state index < -0.39 is 18.6 Å². The molecule has 7 heteroatoms. The minimum Gasteiger partial charge on any atom is -0.456 e. The fraction of sp³-hybridized carbons (Fsp3) is 0.455. The van der Waals surface area contributed by atoms with Gasteiger partial charge in [-0.15, -0.1) is 0 Å². The van der Waals surface area contributed by atoms with Crippen LogP contribution in [0.25, 0.3) is 0 Å². The fourth-order valence-electron chi connectivity index (χ4n) is 4.82. The van der Waals surface area contributed by atoms with Gasteiger partial charge in [0.2, 0.25) is 11.8 Å². The van der Waals surface area contributed by atoms with Crippen LogP contribution < -0.4 is 0 Å². The number of benzene rings is 1. The number of ketones is 1. The van der Waals surface area contributed by atoms with Crippen molar-refractivity contribution in [3.63, 3.8) is 0 Å². The van der Waals surface area contributed by atoms with E-state index in [1.165, 1.54) is 0 Å². The van der Waals surface area contributed by atoms with Gasteiger partial charge in [0.15, 0.2) is 12.4 Å². The Hall–Kier alpha value is -2.28. The number of likely N-dealkylation sites (tertiary alicyclic amines) is 1. The number of esters is 1. The monoisotopic (exact) mass is 459 g/mol. The van der Waals surface area contributed by atoms with Crippen molar-refractivity contribution in [2.24, 2.45) is 29.6 Å². The Balaban J connectivity index is 1.47. The summed E-state index contributed by atoms with van der Waals surface area (Å²) in [6, 6.07) is 5.72. The molecule has 2 bridgehead atoms. The Bertz CT molecular complexity index is 876. The summed E-state index contributed by atoms with van der Waals surface area (Å²) in [6.07, 6.45) is 4.86. The molecule has 0 unspecified atom stereocenters. The summed E-state index contributed by atoms with van der Waals surface area (Å²) in [4.78, 5) is 52.3. The third-order valence-electron chi connectivity index (χ3n) is 6.17. The standard InChI is InChI=1S/C22H22BrNO5/c1-11(2)19(22(28)29-10-16(25)12-5-7-15(23)8-6-12)24-20(26)17-13-3-4-14(9-13)18(17)21(24)27/h3-8,11,13-14,17-19H,9-10H2,1-2H3/t13-,14+,17+,18-,19-/m1/s1. The molecule has 1 aliphatic heterocycles. The molecule has 152 valence electrons. The van der Waals surface area contributed by atoms with Crippen LogP contribution in [-0.2, 0) is 19.1 Å². The van der Waals surface area contributed by atoms with Crippen LogP contribution in [0.1, 0.15) is 30.6 Å². The molecule has 2 fully saturated rings. The highest BCUT2D eigenvalue weighted by molar-refractivity contribution is 9.10. The summed E-state index contributed by atoms with van der Waals surface area (Å²) in [5.74, 6) is -2.52. The molecule has 1 saturated carbocycles. The Kier molecular flexibility index (Phi) is 5.19. The molecular formula is C22H22BrNO5. The lowest BCUT2D eigenvalue weighted by atomic mass is 9.85. The van der Waals surface area contributed by atoms with Crippen molar-refractivity contribution in [2.45, 2.75) is 26.3 Å². The number of carbonyl (C=O) groups excluding carboxylic acids is 4. The largest absolute Gasteiger partial charge is 0.456 e. The number of carbonyl (C=O) groups is 4. The van der Waals surface area contributed by atoms with Gasteiger partial charge in [0.25, 0.3) is 0 Å². The molecule has 1 saturated heterocycles. The molecule has 0 radical (unpaired) electrons. The van der Waals surface area contributed by atoms with Gasteiger partial charge in [0.1, 0.15) is 6.04 Å². The van der Waals surface area contributed by atoms with E-state index in [0.717, 1.165) is 15.8 Å². The highest BCUT2D eigenvalue weighted by Gasteiger charge is 2.61. The maximum Gasteiger partial charge on any atom is 0.330 e. The lowest BCUT2D eigenvalue weighted by Crippen LogP contribution is -2.50. The van der Waals surface area contributed by atoms with Gasteiger partial charge in [0.05, 0.1) is 11.8 Å². The van der Waals surface area contributed by atoms with Crippen LogP contribution in [0.4, 0.5) is 0 Å². The number of allylic oxidation sites excluding steroid dienone is 2. The van der Waals surface area contributed by atoms with E-state index in [2.05, 4.69) is 15.9 Å². The summed E-state index contributed by atoms with van der Waals surface area (Å²) >= 11 is 3.30. The molecule has 1 aromatic carbocycles. The minimum absolute atomic E-state index is 0.0780. The molecule has 3 aliphatic rings. The Morgan fingerprint density at radius 2 is 1.62 bits per heavy atom. The number of fused-ring (bicyclic) bond motifs is 5. The smallest absolute Gasteiger partial charge is 0.330 e. The second-order valence-electron chi connectivity index (χ2n) is 8.27. The molecule has 2 amide bonds. The zero-order valence-corrected chi connectivity index (χ0v) is 17.8. The lowest BCUT2D eigenvalue weighted by Gasteiger charge is -2.28. The number of halogens is 1. The molecule has 0 spiro atoms. The summed E-state index contributed by atoms with van der Waals surface area (Å²) in [6.45, 7) is 3.10. The fourth-order valence-corrected chi connectivity index (χ4v) is 5.08. The first-order valence-corrected chi connectivity index (χ1v) is 10.6. The van der Waals surface area contributed by atoms with E-state index in [0.29, 0.717) is 5.56 Å². The first-order chi connectivity index (χ1) is 13.8. The van der Waals surface area contributed by atoms with Gasteiger partial charge in [-0.1, -0.05) is 54.1 Å². The summed E-state index contributed by atoms with van der Waals surface area (Å²) in [5.41, 5.74) is 0.424. The van der Waals surface area contributed by atoms with Crippen molar-refractivity contribution >= 4 is 39.5 Å². The van der Waals surface area contributed by atoms with Gasteiger partial charge in [-0.2, -0.15) is 0 Å². The number of hydrogen-bond acceptors (Lipinski definition) is 5. The number of hydrogen-bond donors (Lipinski definition) is 0. The van der Waals surface area contributed by atoms with Crippen LogP contribution in [0.2, 0.25) is 0 Å². The molecule has 0 aromatic heterocycles. The van der Waals surface area contributed by atoms with Crippen LogP contribution in [0.15, 0.2) is 40.9 Å². The predicted octanol–water partition coefficient (Wildman–Crippen LogP) is 3.01. The highest BCUT2D eigenvalue weighted by atomic mass is 79.9. The third-order valence-corrected chi connectivity index (χ3v) is 6.70. The van der Waals surface area contributed by atoms with Gasteiger partial charge < -0.3 is 4.74 Å². The maximum absolute atomic E-state index is 13.0. The minimum atomic E-state index is -1.02. The second-order valence-corrected chi connectivity index (χ2v) is 9.19. The molecule has 0 N–H and O–H groups in total. The average molecular weight is 460 g/mol. The Morgan fingerprint density at radius 3 is 2.14 bits per heavy atom. The topological polar surface area (TPSA) is 80.8 Å². The number of amides is 2. The molecule has 1 heterocycles. The van der Waals surface area contributed by atoms with E-state index in [4.69, 9.17) is 4.74 Å². The summed E-state index contributed by atoms with van der Waals surface area (Å²) in [5, 5.41) is 0. The molecule has 29 heavy (non-hydrogen) atoms. The van der Waals surface area contributed by atoms with Gasteiger partial charge in [-0.05, 0) is 36.3 Å². The molecule has 6 nitrogen and oxygen atoms in total. The van der Waals surface area contributed by atoms with E-state index in [1.54, 1.807) is 38.1 Å². The van der Waals surface area contributed by atoms with E-state index in [9.17, 15) is 19.2 Å². The molecule has 5 atom stereocenters. The first-order valence-electron chi connectivity index (χ1n) is 9.80. The van der Waals surface area contributed by atoms with Crippen molar-refractivity contribution in [2.75, 3.05) is 6.61 Å². The maximum atomic E-state index is 13.0. The van der Waals surface area contributed by atoms with E-state index in [1.807, 2.05) is 12.2 Å². The number of imide groups is 1. The molecule has 4 rings (SSSR count). The zero-order valence-electron chi connectivity index (χ0n) is 16.2. The van der Waals surface area contributed by atoms with Crippen LogP contribution in [-0.4, -0.2) is 41.1 Å². The van der Waals surface area contributed by atoms with Crippen LogP contribution >= 0.6 is 15.9 Å². The van der Waals surface area contributed by atoms with Crippen molar-refractivity contribution < 1.29 is 23.9 Å².